The Kier molecular flexibility index (Phi) is 59.9. The summed E-state index contributed by atoms with van der Waals surface area (Å²) >= 11 is 0. The maximum Gasteiger partial charge on any atom is 0.303 e. The third kappa shape index (κ3) is 60.8. The quantitative estimate of drug-likeness (QED) is 0.0529. The summed E-state index contributed by atoms with van der Waals surface area (Å²) < 4.78 is 0. The Labute approximate surface area is 409 Å². The zero-order chi connectivity index (χ0) is 48.9. The van der Waals surface area contributed by atoms with Crippen molar-refractivity contribution in [2.45, 2.75) is 305 Å². The smallest absolute Gasteiger partial charge is 0.303 e. The van der Waals surface area contributed by atoms with Crippen LogP contribution in [0.15, 0.2) is 0 Å². The molecule has 2 aliphatic rings. The van der Waals surface area contributed by atoms with Gasteiger partial charge in [0.05, 0.1) is 0 Å². The first-order chi connectivity index (χ1) is 31.5. The third-order valence-corrected chi connectivity index (χ3v) is 13.6. The van der Waals surface area contributed by atoms with E-state index in [1.54, 1.807) is 13.8 Å². The van der Waals surface area contributed by atoms with Crippen molar-refractivity contribution in [2.75, 3.05) is 46.3 Å². The molecule has 3 unspecified atom stereocenters. The highest BCUT2D eigenvalue weighted by Crippen LogP contribution is 2.20. The van der Waals surface area contributed by atoms with Crippen molar-refractivity contribution >= 4 is 11.9 Å². The van der Waals surface area contributed by atoms with Crippen molar-refractivity contribution in [1.29, 1.82) is 0 Å². The molecule has 0 aliphatic carbocycles. The Hall–Kier alpha value is -1.18. The van der Waals surface area contributed by atoms with Crippen LogP contribution >= 0.6 is 0 Å². The van der Waals surface area contributed by atoms with Crippen LogP contribution in [0.3, 0.4) is 0 Å². The minimum absolute atomic E-state index is 0.222. The fourth-order valence-corrected chi connectivity index (χ4v) is 8.48. The normalized spacial score (nSPS) is 15.7. The molecular weight excluding hydrogens is 803 g/mol. The van der Waals surface area contributed by atoms with Crippen LogP contribution in [0.5, 0.6) is 0 Å². The first-order valence-corrected chi connectivity index (χ1v) is 29.1. The molecular formula is C58H121N3O4. The number of carboxylic acids is 2. The van der Waals surface area contributed by atoms with Crippen molar-refractivity contribution in [1.82, 2.24) is 15.1 Å². The number of aliphatic carboxylic acids is 2. The van der Waals surface area contributed by atoms with Crippen LogP contribution in [-0.2, 0) is 9.59 Å². The molecule has 0 aromatic heterocycles. The molecule has 0 aromatic carbocycles. The molecule has 392 valence electrons. The molecule has 3 atom stereocenters. The highest BCUT2D eigenvalue weighted by molar-refractivity contribution is 5.66. The van der Waals surface area contributed by atoms with E-state index < -0.39 is 11.9 Å². The number of hydrogen-bond acceptors (Lipinski definition) is 5. The van der Waals surface area contributed by atoms with Crippen molar-refractivity contribution in [3.05, 3.63) is 0 Å². The van der Waals surface area contributed by atoms with Crippen LogP contribution in [0, 0.1) is 11.8 Å². The number of nitrogens with one attached hydrogen (secondary N) is 1. The van der Waals surface area contributed by atoms with Crippen molar-refractivity contribution < 1.29 is 19.8 Å². The molecule has 0 radical (unpaired) electrons. The number of likely N-dealkylation sites (N-methyl/N-ethyl adjacent to an activating group) is 1. The van der Waals surface area contributed by atoms with E-state index in [0.717, 1.165) is 17.9 Å². The Morgan fingerprint density at radius 1 is 0.462 bits per heavy atom. The van der Waals surface area contributed by atoms with Crippen molar-refractivity contribution in [3.63, 3.8) is 0 Å². The van der Waals surface area contributed by atoms with Gasteiger partial charge < -0.3 is 25.3 Å². The van der Waals surface area contributed by atoms with Gasteiger partial charge in [0.1, 0.15) is 0 Å². The van der Waals surface area contributed by atoms with E-state index in [2.05, 4.69) is 63.7 Å². The lowest BCUT2D eigenvalue weighted by Crippen LogP contribution is -2.45. The second kappa shape index (κ2) is 57.1. The Morgan fingerprint density at radius 2 is 0.738 bits per heavy atom. The molecule has 65 heavy (non-hydrogen) atoms. The molecule has 0 saturated carbocycles. The summed E-state index contributed by atoms with van der Waals surface area (Å²) in [6.07, 6.45) is 52.6. The van der Waals surface area contributed by atoms with Gasteiger partial charge in [0.2, 0.25) is 0 Å². The minimum atomic E-state index is -0.745. The highest BCUT2D eigenvalue weighted by atomic mass is 16.4. The molecule has 7 nitrogen and oxygen atoms in total. The van der Waals surface area contributed by atoms with Gasteiger partial charge in [-0.15, -0.1) is 0 Å². The second-order valence-corrected chi connectivity index (χ2v) is 20.4. The zero-order valence-corrected chi connectivity index (χ0v) is 46.0. The summed E-state index contributed by atoms with van der Waals surface area (Å²) in [7, 11) is 2.22. The first-order valence-electron chi connectivity index (χ1n) is 29.1. The van der Waals surface area contributed by atoms with Gasteiger partial charge in [-0.05, 0) is 51.2 Å². The third-order valence-electron chi connectivity index (χ3n) is 13.6. The van der Waals surface area contributed by atoms with E-state index in [9.17, 15) is 9.59 Å². The Balaban J connectivity index is -0.000000805. The van der Waals surface area contributed by atoms with E-state index in [1.807, 2.05) is 0 Å². The molecule has 2 heterocycles. The fraction of sp³-hybridized carbons (Fsp3) is 0.966. The fourth-order valence-electron chi connectivity index (χ4n) is 8.48. The SMILES string of the molecule is CCC(=O)O.CCC(=O)O.CCCCCCCCCCC(C)CCCCCCCC.CCCCCCCCCCC(C)CCCCCCCC.CN1CCN(CCCCC2CCN2)CC1. The number of nitrogens with zero attached hydrogens (tertiary/aromatic N) is 2. The topological polar surface area (TPSA) is 93.1 Å². The summed E-state index contributed by atoms with van der Waals surface area (Å²) in [4.78, 5) is 23.8. The van der Waals surface area contributed by atoms with Gasteiger partial charge >= 0.3 is 11.9 Å². The molecule has 3 N–H and O–H groups in total. The maximum atomic E-state index is 9.37. The molecule has 0 amide bonds. The van der Waals surface area contributed by atoms with Crippen LogP contribution in [0.4, 0.5) is 0 Å². The van der Waals surface area contributed by atoms with Crippen LogP contribution < -0.4 is 5.32 Å². The van der Waals surface area contributed by atoms with E-state index in [1.165, 1.54) is 270 Å². The number of piperazine rings is 1. The average Bonchev–Trinajstić information content (AvgIpc) is 3.28. The van der Waals surface area contributed by atoms with Crippen LogP contribution in [0.25, 0.3) is 0 Å². The zero-order valence-electron chi connectivity index (χ0n) is 46.0. The lowest BCUT2D eigenvalue weighted by atomic mass is 9.96. The number of carboxylic acid groups (broad SMARTS) is 2. The summed E-state index contributed by atoms with van der Waals surface area (Å²) in [5.41, 5.74) is 0. The van der Waals surface area contributed by atoms with Crippen molar-refractivity contribution in [2.24, 2.45) is 11.8 Å². The molecule has 2 rings (SSSR count). The standard InChI is InChI=1S/2C20H42.C12H25N3.2C3H6O2/c2*1-4-6-8-10-12-13-15-17-19-20(3)18-16-14-11-9-7-5-2;1-14-8-10-15(11-9-14)7-3-2-4-12-5-6-13-12;2*1-2-3(4)5/h2*20H,4-19H2,1-3H3;12-13H,2-11H2,1H3;2*2H2,1H3,(H,4,5). The van der Waals surface area contributed by atoms with Crippen LogP contribution in [-0.4, -0.2) is 84.3 Å². The summed E-state index contributed by atoms with van der Waals surface area (Å²) in [6, 6.07) is 0.859. The lowest BCUT2D eigenvalue weighted by Gasteiger charge is -2.32. The van der Waals surface area contributed by atoms with Gasteiger partial charge in [0.15, 0.2) is 0 Å². The average molecular weight is 925 g/mol. The number of hydrogen-bond donors (Lipinski definition) is 3. The van der Waals surface area contributed by atoms with Gasteiger partial charge in [-0.25, -0.2) is 0 Å². The molecule has 0 spiro atoms. The largest absolute Gasteiger partial charge is 0.481 e. The van der Waals surface area contributed by atoms with Gasteiger partial charge in [0, 0.05) is 45.1 Å². The highest BCUT2D eigenvalue weighted by Gasteiger charge is 2.16. The Bertz CT molecular complexity index is 855. The molecule has 2 aliphatic heterocycles. The van der Waals surface area contributed by atoms with Crippen LogP contribution in [0.2, 0.25) is 0 Å². The maximum absolute atomic E-state index is 9.37. The Morgan fingerprint density at radius 3 is 0.985 bits per heavy atom. The second-order valence-electron chi connectivity index (χ2n) is 20.4. The van der Waals surface area contributed by atoms with Gasteiger partial charge in [-0.3, -0.25) is 9.59 Å². The van der Waals surface area contributed by atoms with E-state index in [-0.39, 0.29) is 12.8 Å². The van der Waals surface area contributed by atoms with Crippen LogP contribution in [0.1, 0.15) is 299 Å². The summed E-state index contributed by atoms with van der Waals surface area (Å²) in [5, 5.41) is 18.9. The van der Waals surface area contributed by atoms with Gasteiger partial charge in [-0.2, -0.15) is 0 Å². The molecule has 0 aromatic rings. The van der Waals surface area contributed by atoms with Crippen molar-refractivity contribution in [3.8, 4) is 0 Å². The van der Waals surface area contributed by atoms with Gasteiger partial charge in [0.25, 0.3) is 0 Å². The molecule has 2 fully saturated rings. The monoisotopic (exact) mass is 924 g/mol. The lowest BCUT2D eigenvalue weighted by molar-refractivity contribution is -0.137. The number of unbranched alkanes of at least 4 members (excludes halogenated alkanes) is 25. The summed E-state index contributed by atoms with van der Waals surface area (Å²) in [5.74, 6) is 0.456. The molecule has 0 bridgehead atoms. The van der Waals surface area contributed by atoms with Gasteiger partial charge in [-0.1, -0.05) is 267 Å². The molecule has 7 heteroatoms. The predicted octanol–water partition coefficient (Wildman–Crippen LogP) is 17.5. The summed E-state index contributed by atoms with van der Waals surface area (Å²) in [6.45, 7) is 25.0. The van der Waals surface area contributed by atoms with E-state index >= 15 is 0 Å². The predicted molar refractivity (Wildman–Crippen MR) is 289 cm³/mol. The van der Waals surface area contributed by atoms with E-state index in [0.29, 0.717) is 0 Å². The number of carbonyl (C=O) groups is 2. The first kappa shape index (κ1) is 68.1. The number of rotatable bonds is 39. The molecule has 2 saturated heterocycles. The minimum Gasteiger partial charge on any atom is -0.481 e. The van der Waals surface area contributed by atoms with E-state index in [4.69, 9.17) is 10.2 Å².